The van der Waals surface area contributed by atoms with Crippen LogP contribution in [0.1, 0.15) is 48.2 Å². The molecule has 166 valence electrons. The highest BCUT2D eigenvalue weighted by atomic mass is 16.5. The molecule has 0 spiro atoms. The third-order valence-corrected chi connectivity index (χ3v) is 5.58. The number of esters is 1. The Morgan fingerprint density at radius 1 is 0.938 bits per heavy atom. The van der Waals surface area contributed by atoms with Crippen molar-refractivity contribution in [3.63, 3.8) is 0 Å². The van der Waals surface area contributed by atoms with Crippen molar-refractivity contribution in [2.45, 2.75) is 38.7 Å². The van der Waals surface area contributed by atoms with Gasteiger partial charge in [-0.2, -0.15) is 0 Å². The number of benzene rings is 2. The summed E-state index contributed by atoms with van der Waals surface area (Å²) in [6.07, 6.45) is 4.65. The minimum atomic E-state index is -0.784. The minimum Gasteiger partial charge on any atom is -0.489 e. The molecule has 1 heterocycles. The average Bonchev–Trinajstić information content (AvgIpc) is 3.21. The molecule has 32 heavy (non-hydrogen) atoms. The summed E-state index contributed by atoms with van der Waals surface area (Å²) >= 11 is 0. The molecule has 2 aromatic carbocycles. The highest BCUT2D eigenvalue weighted by Gasteiger charge is 2.25. The second kappa shape index (κ2) is 10.1. The predicted octanol–water partition coefficient (Wildman–Crippen LogP) is 4.39. The number of furan rings is 1. The number of amides is 2. The van der Waals surface area contributed by atoms with E-state index in [-0.39, 0.29) is 24.2 Å². The van der Waals surface area contributed by atoms with E-state index >= 15 is 0 Å². The molecule has 2 amide bonds. The molecule has 0 saturated heterocycles. The quantitative estimate of drug-likeness (QED) is 0.553. The lowest BCUT2D eigenvalue weighted by atomic mass is 9.89. The fraction of sp³-hybridized carbons (Fsp3) is 0.320. The zero-order valence-corrected chi connectivity index (χ0v) is 17.7. The van der Waals surface area contributed by atoms with Gasteiger partial charge in [0.05, 0.1) is 5.56 Å². The molecule has 0 bridgehead atoms. The molecule has 1 aliphatic carbocycles. The molecule has 4 rings (SSSR count). The van der Waals surface area contributed by atoms with Crippen LogP contribution in [-0.2, 0) is 20.9 Å². The van der Waals surface area contributed by atoms with Crippen LogP contribution in [0.5, 0.6) is 5.75 Å². The van der Waals surface area contributed by atoms with E-state index in [9.17, 15) is 14.4 Å². The smallest absolute Gasteiger partial charge is 0.375 e. The molecule has 0 unspecified atom stereocenters. The molecule has 1 aromatic heterocycles. The number of ether oxygens (including phenoxy) is 2. The lowest BCUT2D eigenvalue weighted by Gasteiger charge is -2.20. The van der Waals surface area contributed by atoms with Gasteiger partial charge >= 0.3 is 5.97 Å². The third kappa shape index (κ3) is 5.17. The van der Waals surface area contributed by atoms with E-state index in [1.165, 1.54) is 0 Å². The van der Waals surface area contributed by atoms with Gasteiger partial charge in [0.1, 0.15) is 17.9 Å². The molecule has 0 radical (unpaired) electrons. The Labute approximate surface area is 185 Å². The summed E-state index contributed by atoms with van der Waals surface area (Å²) in [5, 5.41) is 3.06. The summed E-state index contributed by atoms with van der Waals surface area (Å²) in [4.78, 5) is 37.0. The van der Waals surface area contributed by atoms with Crippen LogP contribution in [0.3, 0.4) is 0 Å². The number of hydrogen-bond acceptors (Lipinski definition) is 6. The van der Waals surface area contributed by atoms with Gasteiger partial charge in [-0.25, -0.2) is 4.79 Å². The van der Waals surface area contributed by atoms with Gasteiger partial charge in [0.25, 0.3) is 5.91 Å². The number of fused-ring (bicyclic) bond motifs is 1. The van der Waals surface area contributed by atoms with Crippen molar-refractivity contribution in [2.75, 3.05) is 6.61 Å². The second-order valence-corrected chi connectivity index (χ2v) is 7.83. The van der Waals surface area contributed by atoms with Crippen LogP contribution in [0, 0.1) is 5.92 Å². The maximum atomic E-state index is 12.7. The summed E-state index contributed by atoms with van der Waals surface area (Å²) in [7, 11) is 0. The number of carbonyl (C=O) groups excluding carboxylic acids is 3. The normalized spacial score (nSPS) is 14.1. The number of carbonyl (C=O) groups is 3. The SMILES string of the molecule is O=C(COC(=O)c1oc2ccccc2c1COc1ccccc1)NC(=O)C1CCCCC1. The molecule has 1 N–H and O–H groups in total. The minimum absolute atomic E-state index is 0.0199. The molecular formula is C25H25NO6. The number of rotatable bonds is 7. The summed E-state index contributed by atoms with van der Waals surface area (Å²) in [5.41, 5.74) is 1.05. The van der Waals surface area contributed by atoms with Crippen molar-refractivity contribution in [1.82, 2.24) is 5.32 Å². The molecule has 0 aliphatic heterocycles. The van der Waals surface area contributed by atoms with Gasteiger partial charge in [-0.05, 0) is 31.0 Å². The Hall–Kier alpha value is -3.61. The van der Waals surface area contributed by atoms with Crippen LogP contribution in [0.15, 0.2) is 59.0 Å². The maximum absolute atomic E-state index is 12.7. The summed E-state index contributed by atoms with van der Waals surface area (Å²) in [5.74, 6) is -1.25. The van der Waals surface area contributed by atoms with Gasteiger partial charge in [-0.1, -0.05) is 55.7 Å². The van der Waals surface area contributed by atoms with E-state index in [2.05, 4.69) is 5.32 Å². The lowest BCUT2D eigenvalue weighted by molar-refractivity contribution is -0.135. The van der Waals surface area contributed by atoms with Crippen LogP contribution in [0.2, 0.25) is 0 Å². The van der Waals surface area contributed by atoms with Gasteiger partial charge in [-0.3, -0.25) is 14.9 Å². The van der Waals surface area contributed by atoms with Gasteiger partial charge < -0.3 is 13.9 Å². The molecule has 1 saturated carbocycles. The van der Waals surface area contributed by atoms with Crippen LogP contribution in [0.25, 0.3) is 11.0 Å². The Balaban J connectivity index is 1.41. The van der Waals surface area contributed by atoms with Gasteiger partial charge in [0, 0.05) is 11.3 Å². The van der Waals surface area contributed by atoms with Crippen molar-refractivity contribution in [3.05, 3.63) is 65.9 Å². The van der Waals surface area contributed by atoms with Crippen molar-refractivity contribution >= 4 is 28.8 Å². The molecular weight excluding hydrogens is 410 g/mol. The standard InChI is InChI=1S/C25H25NO6/c27-22(26-24(28)17-9-3-1-4-10-17)16-31-25(29)23-20(15-30-18-11-5-2-6-12-18)19-13-7-8-14-21(19)32-23/h2,5-8,11-14,17H,1,3-4,9-10,15-16H2,(H,26,27,28). The Bertz CT molecular complexity index is 1100. The first-order valence-corrected chi connectivity index (χ1v) is 10.8. The molecule has 7 heteroatoms. The summed E-state index contributed by atoms with van der Waals surface area (Å²) < 4.78 is 16.7. The fourth-order valence-corrected chi connectivity index (χ4v) is 3.92. The highest BCUT2D eigenvalue weighted by Crippen LogP contribution is 2.28. The molecule has 1 fully saturated rings. The fourth-order valence-electron chi connectivity index (χ4n) is 3.92. The van der Waals surface area contributed by atoms with Gasteiger partial charge in [0.2, 0.25) is 11.7 Å². The second-order valence-electron chi connectivity index (χ2n) is 7.83. The largest absolute Gasteiger partial charge is 0.489 e. The van der Waals surface area contributed by atoms with E-state index in [1.54, 1.807) is 12.1 Å². The van der Waals surface area contributed by atoms with Gasteiger partial charge in [-0.15, -0.1) is 0 Å². The number of hydrogen-bond donors (Lipinski definition) is 1. The van der Waals surface area contributed by atoms with E-state index < -0.39 is 18.5 Å². The zero-order valence-electron chi connectivity index (χ0n) is 17.7. The molecule has 1 aliphatic rings. The van der Waals surface area contributed by atoms with Crippen LogP contribution < -0.4 is 10.1 Å². The highest BCUT2D eigenvalue weighted by molar-refractivity contribution is 5.99. The topological polar surface area (TPSA) is 94.8 Å². The van der Waals surface area contributed by atoms with Crippen molar-refractivity contribution in [2.24, 2.45) is 5.92 Å². The van der Waals surface area contributed by atoms with E-state index in [0.29, 0.717) is 16.9 Å². The van der Waals surface area contributed by atoms with Crippen LogP contribution in [0.4, 0.5) is 0 Å². The first-order valence-electron chi connectivity index (χ1n) is 10.8. The Kier molecular flexibility index (Phi) is 6.84. The predicted molar refractivity (Wildman–Crippen MR) is 117 cm³/mol. The van der Waals surface area contributed by atoms with Crippen molar-refractivity contribution in [1.29, 1.82) is 0 Å². The monoisotopic (exact) mass is 435 g/mol. The van der Waals surface area contributed by atoms with Crippen LogP contribution in [-0.4, -0.2) is 24.4 Å². The molecule has 0 atom stereocenters. The number of imide groups is 1. The van der Waals surface area contributed by atoms with E-state index in [4.69, 9.17) is 13.9 Å². The summed E-state index contributed by atoms with van der Waals surface area (Å²) in [6, 6.07) is 16.4. The first kappa shape index (κ1) is 21.6. The van der Waals surface area contributed by atoms with E-state index in [0.717, 1.165) is 37.5 Å². The van der Waals surface area contributed by atoms with Gasteiger partial charge in [0.15, 0.2) is 6.61 Å². The zero-order chi connectivity index (χ0) is 22.3. The maximum Gasteiger partial charge on any atom is 0.375 e. The lowest BCUT2D eigenvalue weighted by Crippen LogP contribution is -2.38. The number of nitrogens with one attached hydrogen (secondary N) is 1. The average molecular weight is 435 g/mol. The third-order valence-electron chi connectivity index (χ3n) is 5.58. The van der Waals surface area contributed by atoms with E-state index in [1.807, 2.05) is 42.5 Å². The Morgan fingerprint density at radius 3 is 2.44 bits per heavy atom. The summed E-state index contributed by atoms with van der Waals surface area (Å²) in [6.45, 7) is -0.467. The van der Waals surface area contributed by atoms with Crippen LogP contribution >= 0.6 is 0 Å². The van der Waals surface area contributed by atoms with Crippen molar-refractivity contribution < 1.29 is 28.3 Å². The Morgan fingerprint density at radius 2 is 1.66 bits per heavy atom. The number of para-hydroxylation sites is 2. The first-order chi connectivity index (χ1) is 15.6. The molecule has 3 aromatic rings. The van der Waals surface area contributed by atoms with Crippen molar-refractivity contribution in [3.8, 4) is 5.75 Å². The molecule has 7 nitrogen and oxygen atoms in total.